The lowest BCUT2D eigenvalue weighted by Gasteiger charge is -2.53. The number of carbonyl (C=O) groups is 1. The molecule has 0 N–H and O–H groups in total. The van der Waals surface area contributed by atoms with Crippen molar-refractivity contribution < 1.29 is 28.1 Å². The van der Waals surface area contributed by atoms with Crippen LogP contribution in [-0.2, 0) is 20.6 Å². The number of pyridine rings is 2. The molecule has 1 unspecified atom stereocenters. The third kappa shape index (κ3) is 4.75. The highest BCUT2D eigenvalue weighted by Crippen LogP contribution is 2.43. The highest BCUT2D eigenvalue weighted by atomic mass is 19.1. The average Bonchev–Trinajstić information content (AvgIpc) is 2.79. The number of ether oxygens (including phenoxy) is 4. The lowest BCUT2D eigenvalue weighted by molar-refractivity contribution is -0.173. The molecule has 0 radical (unpaired) electrons. The van der Waals surface area contributed by atoms with E-state index in [4.69, 9.17) is 18.9 Å². The molecule has 5 rings (SSSR count). The largest absolute Gasteiger partial charge is 0.481 e. The summed E-state index contributed by atoms with van der Waals surface area (Å²) in [7, 11) is 3.02. The summed E-state index contributed by atoms with van der Waals surface area (Å²) in [5.74, 6) is -0.165. The first-order chi connectivity index (χ1) is 15.7. The SMILES string of the molecule is COc1ccc2ncc(F)c(CC(OC)N(C(=O)OC(C)(C)C)C34CCC(CC3)OC4)c2n1. The van der Waals surface area contributed by atoms with Gasteiger partial charge in [-0.25, -0.2) is 14.2 Å². The molecule has 3 aliphatic rings. The predicted octanol–water partition coefficient (Wildman–Crippen LogP) is 4.24. The van der Waals surface area contributed by atoms with Gasteiger partial charge < -0.3 is 18.9 Å². The van der Waals surface area contributed by atoms with Crippen molar-refractivity contribution in [2.75, 3.05) is 20.8 Å². The molecular formula is C24H32FN3O5. The molecule has 2 aromatic rings. The first-order valence-electron chi connectivity index (χ1n) is 11.3. The number of nitrogens with zero attached hydrogens (tertiary/aromatic N) is 3. The minimum atomic E-state index is -0.786. The molecule has 4 heterocycles. The molecule has 1 atom stereocenters. The Labute approximate surface area is 193 Å². The molecule has 2 saturated heterocycles. The van der Waals surface area contributed by atoms with E-state index in [2.05, 4.69) is 9.97 Å². The Balaban J connectivity index is 1.75. The number of rotatable bonds is 6. The summed E-state index contributed by atoms with van der Waals surface area (Å²) in [5, 5.41) is 0. The average molecular weight is 462 g/mol. The van der Waals surface area contributed by atoms with Gasteiger partial charge in [-0.05, 0) is 52.5 Å². The van der Waals surface area contributed by atoms with Crippen molar-refractivity contribution in [3.8, 4) is 5.88 Å². The Morgan fingerprint density at radius 2 is 2.03 bits per heavy atom. The number of hydrogen-bond donors (Lipinski definition) is 0. The number of hydrogen-bond acceptors (Lipinski definition) is 7. The van der Waals surface area contributed by atoms with Crippen LogP contribution in [0.25, 0.3) is 11.0 Å². The van der Waals surface area contributed by atoms with Crippen LogP contribution in [0, 0.1) is 5.82 Å². The molecule has 1 aliphatic carbocycles. The van der Waals surface area contributed by atoms with Crippen molar-refractivity contribution in [3.05, 3.63) is 29.7 Å². The molecular weight excluding hydrogens is 429 g/mol. The van der Waals surface area contributed by atoms with E-state index in [1.807, 2.05) is 20.8 Å². The van der Waals surface area contributed by atoms with Gasteiger partial charge in [-0.15, -0.1) is 0 Å². The van der Waals surface area contributed by atoms with Crippen molar-refractivity contribution >= 4 is 17.1 Å². The molecule has 9 heteroatoms. The van der Waals surface area contributed by atoms with E-state index in [0.29, 0.717) is 29.1 Å². The van der Waals surface area contributed by atoms with Crippen molar-refractivity contribution in [1.29, 1.82) is 0 Å². The van der Waals surface area contributed by atoms with Crippen molar-refractivity contribution in [2.45, 2.75) is 76.3 Å². The monoisotopic (exact) mass is 461 g/mol. The Morgan fingerprint density at radius 1 is 1.30 bits per heavy atom. The quantitative estimate of drug-likeness (QED) is 0.595. The fourth-order valence-corrected chi connectivity index (χ4v) is 4.79. The Bertz CT molecular complexity index is 1000. The number of fused-ring (bicyclic) bond motifs is 4. The van der Waals surface area contributed by atoms with E-state index in [0.717, 1.165) is 25.7 Å². The minimum absolute atomic E-state index is 0.0753. The number of aromatic nitrogens is 2. The molecule has 2 aromatic heterocycles. The molecule has 33 heavy (non-hydrogen) atoms. The lowest BCUT2D eigenvalue weighted by Crippen LogP contribution is -2.65. The Kier molecular flexibility index (Phi) is 6.46. The fraction of sp³-hybridized carbons (Fsp3) is 0.625. The van der Waals surface area contributed by atoms with Crippen molar-refractivity contribution in [3.63, 3.8) is 0 Å². The molecule has 2 aliphatic heterocycles. The first-order valence-corrected chi connectivity index (χ1v) is 11.3. The van der Waals surface area contributed by atoms with E-state index in [9.17, 15) is 4.79 Å². The van der Waals surface area contributed by atoms with Crippen LogP contribution in [0.5, 0.6) is 5.88 Å². The third-order valence-electron chi connectivity index (χ3n) is 6.44. The van der Waals surface area contributed by atoms with Gasteiger partial charge in [0, 0.05) is 25.2 Å². The standard InChI is InChI=1S/C24H32FN3O5/c1-23(2,3)33-22(29)28(24-10-8-15(9-11-24)32-14-24)20(31-5)12-16-17(25)13-26-18-6-7-19(30-4)27-21(16)18/h6-7,13,15,20H,8-12,14H2,1-5H3. The summed E-state index contributed by atoms with van der Waals surface area (Å²) >= 11 is 0. The Hall–Kier alpha value is -2.52. The topological polar surface area (TPSA) is 83.0 Å². The molecule has 180 valence electrons. The van der Waals surface area contributed by atoms with Gasteiger partial charge in [0.1, 0.15) is 17.6 Å². The highest BCUT2D eigenvalue weighted by molar-refractivity contribution is 5.78. The summed E-state index contributed by atoms with van der Waals surface area (Å²) in [5.41, 5.74) is -0.0452. The smallest absolute Gasteiger partial charge is 0.412 e. The van der Waals surface area contributed by atoms with E-state index >= 15 is 4.39 Å². The molecule has 3 fully saturated rings. The first kappa shape index (κ1) is 23.6. The molecule has 2 bridgehead atoms. The maximum atomic E-state index is 15.1. The number of methoxy groups -OCH3 is 2. The van der Waals surface area contributed by atoms with Gasteiger partial charge in [0.25, 0.3) is 0 Å². The van der Waals surface area contributed by atoms with Gasteiger partial charge in [0.15, 0.2) is 0 Å². The van der Waals surface area contributed by atoms with Gasteiger partial charge in [0.05, 0.1) is 42.6 Å². The van der Waals surface area contributed by atoms with E-state index in [-0.39, 0.29) is 12.5 Å². The van der Waals surface area contributed by atoms with Crippen molar-refractivity contribution in [2.24, 2.45) is 0 Å². The summed E-state index contributed by atoms with van der Waals surface area (Å²) in [6.07, 6.45) is 3.48. The van der Waals surface area contributed by atoms with Crippen LogP contribution in [0.4, 0.5) is 9.18 Å². The minimum Gasteiger partial charge on any atom is -0.481 e. The van der Waals surface area contributed by atoms with E-state index in [1.54, 1.807) is 17.0 Å². The molecule has 1 saturated carbocycles. The summed E-state index contributed by atoms with van der Waals surface area (Å²) < 4.78 is 37.9. The van der Waals surface area contributed by atoms with E-state index < -0.39 is 29.3 Å². The van der Waals surface area contributed by atoms with Crippen LogP contribution in [0.3, 0.4) is 0 Å². The van der Waals surface area contributed by atoms with Crippen LogP contribution in [0.2, 0.25) is 0 Å². The predicted molar refractivity (Wildman–Crippen MR) is 120 cm³/mol. The maximum absolute atomic E-state index is 15.1. The van der Waals surface area contributed by atoms with Crippen LogP contribution in [-0.4, -0.2) is 65.3 Å². The van der Waals surface area contributed by atoms with Crippen LogP contribution in [0.15, 0.2) is 18.3 Å². The van der Waals surface area contributed by atoms with Gasteiger partial charge in [0.2, 0.25) is 5.88 Å². The second-order valence-corrected chi connectivity index (χ2v) is 9.79. The summed E-state index contributed by atoms with van der Waals surface area (Å²) in [6.45, 7) is 5.87. The zero-order valence-electron chi connectivity index (χ0n) is 19.9. The third-order valence-corrected chi connectivity index (χ3v) is 6.44. The zero-order valence-corrected chi connectivity index (χ0v) is 19.9. The second-order valence-electron chi connectivity index (χ2n) is 9.79. The summed E-state index contributed by atoms with van der Waals surface area (Å²) in [6, 6.07) is 3.40. The Morgan fingerprint density at radius 3 is 2.61 bits per heavy atom. The van der Waals surface area contributed by atoms with Crippen LogP contribution < -0.4 is 4.74 Å². The van der Waals surface area contributed by atoms with Crippen molar-refractivity contribution in [1.82, 2.24) is 14.9 Å². The normalized spacial score (nSPS) is 23.4. The van der Waals surface area contributed by atoms with E-state index in [1.165, 1.54) is 20.4 Å². The van der Waals surface area contributed by atoms with Gasteiger partial charge >= 0.3 is 6.09 Å². The van der Waals surface area contributed by atoms with Crippen LogP contribution in [0.1, 0.15) is 52.0 Å². The summed E-state index contributed by atoms with van der Waals surface area (Å²) in [4.78, 5) is 23.7. The fourth-order valence-electron chi connectivity index (χ4n) is 4.79. The van der Waals surface area contributed by atoms with Gasteiger partial charge in [-0.1, -0.05) is 0 Å². The van der Waals surface area contributed by atoms with Crippen LogP contribution >= 0.6 is 0 Å². The van der Waals surface area contributed by atoms with Gasteiger partial charge in [-0.2, -0.15) is 0 Å². The number of halogens is 1. The number of carbonyl (C=O) groups excluding carboxylic acids is 1. The van der Waals surface area contributed by atoms with Gasteiger partial charge in [-0.3, -0.25) is 9.88 Å². The number of amides is 1. The molecule has 1 amide bonds. The molecule has 0 aromatic carbocycles. The molecule has 0 spiro atoms. The second kappa shape index (κ2) is 9.02. The zero-order chi connectivity index (χ0) is 23.8. The maximum Gasteiger partial charge on any atom is 0.412 e. The molecule has 8 nitrogen and oxygen atoms in total. The lowest BCUT2D eigenvalue weighted by atomic mass is 9.76. The highest BCUT2D eigenvalue weighted by Gasteiger charge is 2.51.